The van der Waals surface area contributed by atoms with Crippen LogP contribution in [0.2, 0.25) is 0 Å². The second-order valence-corrected chi connectivity index (χ2v) is 5.31. The average molecular weight is 262 g/mol. The highest BCUT2D eigenvalue weighted by Crippen LogP contribution is 2.45. The summed E-state index contributed by atoms with van der Waals surface area (Å²) >= 11 is 3.64. The predicted molar refractivity (Wildman–Crippen MR) is 57.0 cm³/mol. The molecule has 1 aliphatic carbocycles. The van der Waals surface area contributed by atoms with Crippen molar-refractivity contribution in [2.24, 2.45) is 0 Å². The second kappa shape index (κ2) is 3.81. The first-order valence-electron chi connectivity index (χ1n) is 5.22. The fourth-order valence-corrected chi connectivity index (χ4v) is 3.69. The quantitative estimate of drug-likeness (QED) is 0.678. The van der Waals surface area contributed by atoms with E-state index in [1.807, 2.05) is 0 Å². The molecule has 1 saturated heterocycles. The van der Waals surface area contributed by atoms with Crippen LogP contribution in [0.5, 0.6) is 0 Å². The summed E-state index contributed by atoms with van der Waals surface area (Å²) in [5, 5.41) is 1.62. The number of amides is 1. The molecule has 0 aromatic rings. The lowest BCUT2D eigenvalue weighted by Crippen LogP contribution is -2.50. The van der Waals surface area contributed by atoms with E-state index >= 15 is 0 Å². The molecule has 80 valence electrons. The van der Waals surface area contributed by atoms with Gasteiger partial charge in [-0.15, -0.1) is 0 Å². The molecule has 0 aromatic carbocycles. The molecular weight excluding hydrogens is 246 g/mol. The van der Waals surface area contributed by atoms with E-state index in [4.69, 9.17) is 4.84 Å². The van der Waals surface area contributed by atoms with Crippen LogP contribution >= 0.6 is 15.9 Å². The number of hydrogen-bond donors (Lipinski definition) is 0. The standard InChI is InChI=1S/C10H16BrNO2/c1-14-12-9(13)7-8(11)10(12)5-3-2-4-6-10/h8H,2-7H2,1H3. The van der Waals surface area contributed by atoms with Gasteiger partial charge in [0.15, 0.2) is 0 Å². The molecule has 2 fully saturated rings. The van der Waals surface area contributed by atoms with Gasteiger partial charge in [-0.1, -0.05) is 35.2 Å². The summed E-state index contributed by atoms with van der Waals surface area (Å²) in [6.07, 6.45) is 6.41. The van der Waals surface area contributed by atoms with E-state index in [2.05, 4.69) is 15.9 Å². The van der Waals surface area contributed by atoms with Gasteiger partial charge in [-0.25, -0.2) is 5.06 Å². The Bertz CT molecular complexity index is 238. The molecule has 14 heavy (non-hydrogen) atoms. The van der Waals surface area contributed by atoms with Gasteiger partial charge in [0.25, 0.3) is 0 Å². The molecule has 1 unspecified atom stereocenters. The Morgan fingerprint density at radius 2 is 2.07 bits per heavy atom. The van der Waals surface area contributed by atoms with Crippen LogP contribution in [0.4, 0.5) is 0 Å². The van der Waals surface area contributed by atoms with Gasteiger partial charge in [-0.3, -0.25) is 9.63 Å². The van der Waals surface area contributed by atoms with Gasteiger partial charge in [0.05, 0.1) is 12.6 Å². The monoisotopic (exact) mass is 261 g/mol. The molecule has 0 aromatic heterocycles. The second-order valence-electron chi connectivity index (χ2n) is 4.21. The van der Waals surface area contributed by atoms with Gasteiger partial charge < -0.3 is 0 Å². The predicted octanol–water partition coefficient (Wildman–Crippen LogP) is 2.25. The minimum Gasteiger partial charge on any atom is -0.274 e. The van der Waals surface area contributed by atoms with E-state index in [1.165, 1.54) is 19.3 Å². The van der Waals surface area contributed by atoms with Crippen molar-refractivity contribution in [2.75, 3.05) is 7.11 Å². The summed E-state index contributed by atoms with van der Waals surface area (Å²) in [7, 11) is 1.60. The smallest absolute Gasteiger partial charge is 0.247 e. The first-order valence-corrected chi connectivity index (χ1v) is 6.13. The number of hydroxylamine groups is 2. The maximum atomic E-state index is 11.7. The third kappa shape index (κ3) is 1.39. The van der Waals surface area contributed by atoms with Gasteiger partial charge in [-0.2, -0.15) is 0 Å². The van der Waals surface area contributed by atoms with Crippen LogP contribution in [-0.2, 0) is 9.63 Å². The van der Waals surface area contributed by atoms with Crippen LogP contribution in [0.3, 0.4) is 0 Å². The Morgan fingerprint density at radius 3 is 2.64 bits per heavy atom. The van der Waals surface area contributed by atoms with Crippen LogP contribution in [-0.4, -0.2) is 28.4 Å². The van der Waals surface area contributed by atoms with Crippen molar-refractivity contribution in [1.82, 2.24) is 5.06 Å². The van der Waals surface area contributed by atoms with Crippen molar-refractivity contribution >= 4 is 21.8 Å². The molecular formula is C10H16BrNO2. The molecule has 1 aliphatic heterocycles. The van der Waals surface area contributed by atoms with Crippen LogP contribution in [0, 0.1) is 0 Å². The van der Waals surface area contributed by atoms with Crippen LogP contribution in [0.25, 0.3) is 0 Å². The summed E-state index contributed by atoms with van der Waals surface area (Å²) < 4.78 is 0. The lowest BCUT2D eigenvalue weighted by atomic mass is 9.80. The maximum absolute atomic E-state index is 11.7. The highest BCUT2D eigenvalue weighted by atomic mass is 79.9. The maximum Gasteiger partial charge on any atom is 0.247 e. The van der Waals surface area contributed by atoms with E-state index in [9.17, 15) is 4.79 Å². The number of alkyl halides is 1. The number of carbonyl (C=O) groups is 1. The van der Waals surface area contributed by atoms with Crippen molar-refractivity contribution in [2.45, 2.75) is 48.9 Å². The number of carbonyl (C=O) groups excluding carboxylic acids is 1. The van der Waals surface area contributed by atoms with Crippen LogP contribution in [0.1, 0.15) is 38.5 Å². The topological polar surface area (TPSA) is 29.5 Å². The number of rotatable bonds is 1. The Kier molecular flexibility index (Phi) is 2.84. The van der Waals surface area contributed by atoms with E-state index < -0.39 is 0 Å². The first kappa shape index (κ1) is 10.4. The van der Waals surface area contributed by atoms with Crippen molar-refractivity contribution in [3.05, 3.63) is 0 Å². The van der Waals surface area contributed by atoms with Crippen LogP contribution in [0.15, 0.2) is 0 Å². The molecule has 0 radical (unpaired) electrons. The molecule has 1 saturated carbocycles. The molecule has 1 amide bonds. The number of hydrogen-bond acceptors (Lipinski definition) is 2. The van der Waals surface area contributed by atoms with Crippen molar-refractivity contribution in [3.63, 3.8) is 0 Å². The molecule has 0 N–H and O–H groups in total. The van der Waals surface area contributed by atoms with E-state index in [1.54, 1.807) is 12.2 Å². The largest absolute Gasteiger partial charge is 0.274 e. The summed E-state index contributed by atoms with van der Waals surface area (Å²) in [5.41, 5.74) is -0.0515. The zero-order chi connectivity index (χ0) is 10.2. The van der Waals surface area contributed by atoms with Crippen molar-refractivity contribution < 1.29 is 9.63 Å². The number of halogens is 1. The van der Waals surface area contributed by atoms with Crippen molar-refractivity contribution in [1.29, 1.82) is 0 Å². The molecule has 1 heterocycles. The Morgan fingerprint density at radius 1 is 1.43 bits per heavy atom. The molecule has 3 nitrogen and oxygen atoms in total. The Labute approximate surface area is 92.9 Å². The molecule has 0 bridgehead atoms. The highest BCUT2D eigenvalue weighted by Gasteiger charge is 2.52. The minimum atomic E-state index is -0.0515. The van der Waals surface area contributed by atoms with Crippen molar-refractivity contribution in [3.8, 4) is 0 Å². The fourth-order valence-electron chi connectivity index (χ4n) is 2.77. The van der Waals surface area contributed by atoms with Gasteiger partial charge in [0, 0.05) is 11.2 Å². The zero-order valence-electron chi connectivity index (χ0n) is 8.46. The Hall–Kier alpha value is -0.0900. The third-order valence-corrected chi connectivity index (χ3v) is 4.65. The third-order valence-electron chi connectivity index (χ3n) is 3.47. The van der Waals surface area contributed by atoms with E-state index in [0.717, 1.165) is 12.8 Å². The summed E-state index contributed by atoms with van der Waals surface area (Å²) in [4.78, 5) is 17.2. The van der Waals surface area contributed by atoms with E-state index in [-0.39, 0.29) is 16.3 Å². The van der Waals surface area contributed by atoms with Gasteiger partial charge in [0.1, 0.15) is 0 Å². The summed E-state index contributed by atoms with van der Waals surface area (Å²) in [6.45, 7) is 0. The molecule has 2 aliphatic rings. The molecule has 1 spiro atoms. The normalized spacial score (nSPS) is 31.4. The van der Waals surface area contributed by atoms with Gasteiger partial charge in [0.2, 0.25) is 5.91 Å². The first-order chi connectivity index (χ1) is 6.70. The molecule has 1 atom stereocenters. The van der Waals surface area contributed by atoms with Gasteiger partial charge >= 0.3 is 0 Å². The minimum absolute atomic E-state index is 0.0515. The van der Waals surface area contributed by atoms with Gasteiger partial charge in [-0.05, 0) is 12.8 Å². The highest BCUT2D eigenvalue weighted by molar-refractivity contribution is 9.09. The number of nitrogens with zero attached hydrogens (tertiary/aromatic N) is 1. The summed E-state index contributed by atoms with van der Waals surface area (Å²) in [6, 6.07) is 0. The molecule has 2 rings (SSSR count). The average Bonchev–Trinajstić information content (AvgIpc) is 2.40. The lowest BCUT2D eigenvalue weighted by molar-refractivity contribution is -0.199. The molecule has 4 heteroatoms. The fraction of sp³-hybridized carbons (Fsp3) is 0.900. The summed E-state index contributed by atoms with van der Waals surface area (Å²) in [5.74, 6) is 0.122. The Balaban J connectivity index is 2.24. The zero-order valence-corrected chi connectivity index (χ0v) is 10.0. The lowest BCUT2D eigenvalue weighted by Gasteiger charge is -2.41. The van der Waals surface area contributed by atoms with E-state index in [0.29, 0.717) is 6.42 Å². The van der Waals surface area contributed by atoms with Crippen LogP contribution < -0.4 is 0 Å². The SMILES string of the molecule is CON1C(=O)CC(Br)C12CCCCC2.